The Bertz CT molecular complexity index is 2980. The molecule has 1 aliphatic rings. The largest absolute Gasteiger partial charge is 0.454 e. The SMILES string of the molecule is CC1(c2ccc3oc4c(N(c5ccc(-c6ccccc6)cc5)c5cccc6c5oc5ccccc56)cccc4c3c2)c2ccccc2-c2ccccc21. The Morgan fingerprint density at radius 3 is 1.62 bits per heavy atom. The topological polar surface area (TPSA) is 29.5 Å². The second kappa shape index (κ2) is 11.3. The number of benzene rings is 8. The van der Waals surface area contributed by atoms with Gasteiger partial charge in [-0.2, -0.15) is 0 Å². The predicted molar refractivity (Wildman–Crippen MR) is 219 cm³/mol. The smallest absolute Gasteiger partial charge is 0.159 e. The summed E-state index contributed by atoms with van der Waals surface area (Å²) in [5, 5.41) is 4.35. The van der Waals surface area contributed by atoms with Crippen LogP contribution < -0.4 is 4.90 Å². The highest BCUT2D eigenvalue weighted by molar-refractivity contribution is 6.14. The van der Waals surface area contributed by atoms with Gasteiger partial charge in [-0.1, -0.05) is 140 Å². The molecule has 53 heavy (non-hydrogen) atoms. The van der Waals surface area contributed by atoms with Crippen molar-refractivity contribution in [2.24, 2.45) is 0 Å². The molecule has 8 aromatic carbocycles. The minimum absolute atomic E-state index is 0.300. The van der Waals surface area contributed by atoms with Crippen molar-refractivity contribution in [3.05, 3.63) is 199 Å². The van der Waals surface area contributed by atoms with E-state index in [1.807, 2.05) is 12.1 Å². The van der Waals surface area contributed by atoms with Gasteiger partial charge in [-0.3, -0.25) is 0 Å². The minimum Gasteiger partial charge on any atom is -0.454 e. The summed E-state index contributed by atoms with van der Waals surface area (Å²) in [7, 11) is 0. The van der Waals surface area contributed by atoms with Crippen LogP contribution >= 0.6 is 0 Å². The monoisotopic (exact) mass is 679 g/mol. The number of hydrogen-bond acceptors (Lipinski definition) is 3. The average molecular weight is 680 g/mol. The molecule has 3 nitrogen and oxygen atoms in total. The van der Waals surface area contributed by atoms with E-state index < -0.39 is 0 Å². The highest BCUT2D eigenvalue weighted by Crippen LogP contribution is 2.53. The van der Waals surface area contributed by atoms with Crippen molar-refractivity contribution >= 4 is 60.9 Å². The zero-order valence-corrected chi connectivity index (χ0v) is 29.1. The van der Waals surface area contributed by atoms with Crippen LogP contribution in [-0.2, 0) is 5.41 Å². The van der Waals surface area contributed by atoms with Gasteiger partial charge in [-0.25, -0.2) is 0 Å². The molecule has 0 aliphatic heterocycles. The van der Waals surface area contributed by atoms with Crippen LogP contribution in [0.3, 0.4) is 0 Å². The third-order valence-electron chi connectivity index (χ3n) is 11.4. The van der Waals surface area contributed by atoms with Crippen LogP contribution in [-0.4, -0.2) is 0 Å². The molecule has 0 saturated carbocycles. The number of furan rings is 2. The van der Waals surface area contributed by atoms with Gasteiger partial charge in [-0.05, 0) is 88.3 Å². The van der Waals surface area contributed by atoms with Crippen molar-refractivity contribution in [3.8, 4) is 22.3 Å². The first kappa shape index (κ1) is 29.8. The molecule has 250 valence electrons. The van der Waals surface area contributed by atoms with E-state index in [-0.39, 0.29) is 5.41 Å². The quantitative estimate of drug-likeness (QED) is 0.181. The average Bonchev–Trinajstić information content (AvgIpc) is 3.88. The first-order valence-electron chi connectivity index (χ1n) is 18.2. The summed E-state index contributed by atoms with van der Waals surface area (Å²) in [6.45, 7) is 2.36. The lowest BCUT2D eigenvalue weighted by molar-refractivity contribution is 0.665. The molecule has 0 atom stereocenters. The van der Waals surface area contributed by atoms with Gasteiger partial charge >= 0.3 is 0 Å². The summed E-state index contributed by atoms with van der Waals surface area (Å²) in [4.78, 5) is 2.29. The molecule has 0 unspecified atom stereocenters. The number of anilines is 3. The van der Waals surface area contributed by atoms with Gasteiger partial charge in [0.2, 0.25) is 0 Å². The van der Waals surface area contributed by atoms with Crippen molar-refractivity contribution in [3.63, 3.8) is 0 Å². The first-order chi connectivity index (χ1) is 26.2. The van der Waals surface area contributed by atoms with E-state index in [4.69, 9.17) is 8.83 Å². The standard InChI is InChI=1S/C50H33NO2/c1-50(42-20-8-5-15-36(42)37-16-6-9-21-43(37)50)34-27-30-47-41(31-34)40-19-12-23-45(49(40)53-47)51(35-28-25-33(26-29-35)32-13-3-2-4-14-32)44-22-11-18-39-38-17-7-10-24-46(38)52-48(39)44/h2-31H,1H3. The fourth-order valence-corrected chi connectivity index (χ4v) is 8.78. The Kier molecular flexibility index (Phi) is 6.38. The van der Waals surface area contributed by atoms with Crippen LogP contribution in [0, 0.1) is 0 Å². The van der Waals surface area contributed by atoms with Crippen molar-refractivity contribution in [1.29, 1.82) is 0 Å². The van der Waals surface area contributed by atoms with E-state index in [0.29, 0.717) is 0 Å². The second-order valence-electron chi connectivity index (χ2n) is 14.2. The van der Waals surface area contributed by atoms with Crippen LogP contribution in [0.2, 0.25) is 0 Å². The summed E-state index contributed by atoms with van der Waals surface area (Å²) < 4.78 is 13.5. The maximum absolute atomic E-state index is 6.89. The van der Waals surface area contributed by atoms with Crippen LogP contribution in [0.25, 0.3) is 66.1 Å². The lowest BCUT2D eigenvalue weighted by Gasteiger charge is -2.28. The zero-order chi connectivity index (χ0) is 35.1. The Balaban J connectivity index is 1.13. The molecule has 0 radical (unpaired) electrons. The van der Waals surface area contributed by atoms with Gasteiger partial charge in [0.1, 0.15) is 11.2 Å². The molecule has 2 heterocycles. The Labute approximate surface area is 307 Å². The molecule has 10 aromatic rings. The number of rotatable bonds is 5. The molecule has 2 aromatic heterocycles. The van der Waals surface area contributed by atoms with Crippen molar-refractivity contribution in [1.82, 2.24) is 0 Å². The fraction of sp³-hybridized carbons (Fsp3) is 0.0400. The van der Waals surface area contributed by atoms with Gasteiger partial charge in [0.05, 0.1) is 11.4 Å². The zero-order valence-electron chi connectivity index (χ0n) is 29.1. The summed E-state index contributed by atoms with van der Waals surface area (Å²) in [6.07, 6.45) is 0. The van der Waals surface area contributed by atoms with Crippen LogP contribution in [0.1, 0.15) is 23.6 Å². The van der Waals surface area contributed by atoms with E-state index in [0.717, 1.165) is 66.5 Å². The van der Waals surface area contributed by atoms with Crippen molar-refractivity contribution < 1.29 is 8.83 Å². The Hall–Kier alpha value is -6.84. The molecule has 0 spiro atoms. The molecule has 0 saturated heterocycles. The fourth-order valence-electron chi connectivity index (χ4n) is 8.78. The van der Waals surface area contributed by atoms with E-state index in [9.17, 15) is 0 Å². The number of fused-ring (bicyclic) bond motifs is 9. The van der Waals surface area contributed by atoms with Crippen LogP contribution in [0.15, 0.2) is 191 Å². The van der Waals surface area contributed by atoms with Gasteiger partial charge in [0, 0.05) is 32.6 Å². The van der Waals surface area contributed by atoms with E-state index in [1.165, 1.54) is 33.4 Å². The third kappa shape index (κ3) is 4.34. The number of para-hydroxylation sites is 3. The minimum atomic E-state index is -0.300. The van der Waals surface area contributed by atoms with E-state index in [2.05, 4.69) is 182 Å². The predicted octanol–water partition coefficient (Wildman–Crippen LogP) is 14.0. The first-order valence-corrected chi connectivity index (χ1v) is 18.2. The van der Waals surface area contributed by atoms with Crippen molar-refractivity contribution in [2.45, 2.75) is 12.3 Å². The van der Waals surface area contributed by atoms with Gasteiger partial charge in [0.15, 0.2) is 11.2 Å². The molecule has 0 N–H and O–H groups in total. The third-order valence-corrected chi connectivity index (χ3v) is 11.4. The molecule has 0 fully saturated rings. The van der Waals surface area contributed by atoms with Crippen LogP contribution in [0.5, 0.6) is 0 Å². The van der Waals surface area contributed by atoms with Gasteiger partial charge < -0.3 is 13.7 Å². The van der Waals surface area contributed by atoms with Gasteiger partial charge in [-0.15, -0.1) is 0 Å². The Morgan fingerprint density at radius 1 is 0.415 bits per heavy atom. The summed E-state index contributed by atoms with van der Waals surface area (Å²) in [6, 6.07) is 64.8. The molecule has 0 bridgehead atoms. The molecule has 3 heteroatoms. The lowest BCUT2D eigenvalue weighted by atomic mass is 9.74. The maximum Gasteiger partial charge on any atom is 0.159 e. The molecular weight excluding hydrogens is 647 g/mol. The second-order valence-corrected chi connectivity index (χ2v) is 14.2. The molecule has 0 amide bonds. The summed E-state index contributed by atoms with van der Waals surface area (Å²) in [5.74, 6) is 0. The highest BCUT2D eigenvalue weighted by Gasteiger charge is 2.40. The maximum atomic E-state index is 6.89. The van der Waals surface area contributed by atoms with Crippen molar-refractivity contribution in [2.75, 3.05) is 4.90 Å². The highest BCUT2D eigenvalue weighted by atomic mass is 16.3. The molecular formula is C50H33NO2. The summed E-state index contributed by atoms with van der Waals surface area (Å²) in [5.41, 5.74) is 14.9. The lowest BCUT2D eigenvalue weighted by Crippen LogP contribution is -2.22. The summed E-state index contributed by atoms with van der Waals surface area (Å²) >= 11 is 0. The normalized spacial score (nSPS) is 13.2. The van der Waals surface area contributed by atoms with E-state index >= 15 is 0 Å². The van der Waals surface area contributed by atoms with Crippen LogP contribution in [0.4, 0.5) is 17.1 Å². The van der Waals surface area contributed by atoms with Gasteiger partial charge in [0.25, 0.3) is 0 Å². The van der Waals surface area contributed by atoms with E-state index in [1.54, 1.807) is 0 Å². The molecule has 1 aliphatic carbocycles. The number of nitrogens with zero attached hydrogens (tertiary/aromatic N) is 1. The molecule has 11 rings (SSSR count). The number of hydrogen-bond donors (Lipinski definition) is 0. The Morgan fingerprint density at radius 2 is 0.943 bits per heavy atom.